The van der Waals surface area contributed by atoms with Crippen molar-refractivity contribution in [1.29, 1.82) is 0 Å². The lowest BCUT2D eigenvalue weighted by Crippen LogP contribution is -2.49. The van der Waals surface area contributed by atoms with Gasteiger partial charge < -0.3 is 14.7 Å². The van der Waals surface area contributed by atoms with Crippen molar-refractivity contribution in [2.75, 3.05) is 13.2 Å². The highest BCUT2D eigenvalue weighted by Gasteiger charge is 2.35. The number of hydrogen-bond acceptors (Lipinski definition) is 3. The van der Waals surface area contributed by atoms with E-state index in [9.17, 15) is 14.7 Å². The third-order valence-corrected chi connectivity index (χ3v) is 4.39. The van der Waals surface area contributed by atoms with Gasteiger partial charge in [0.1, 0.15) is 12.4 Å². The first-order valence-electron chi connectivity index (χ1n) is 8.30. The van der Waals surface area contributed by atoms with Crippen molar-refractivity contribution < 1.29 is 19.4 Å². The number of carbonyl (C=O) groups excluding carboxylic acids is 1. The highest BCUT2D eigenvalue weighted by Crippen LogP contribution is 2.26. The summed E-state index contributed by atoms with van der Waals surface area (Å²) in [5, 5.41) is 9.30. The zero-order valence-electron chi connectivity index (χ0n) is 14.5. The van der Waals surface area contributed by atoms with E-state index in [2.05, 4.69) is 0 Å². The summed E-state index contributed by atoms with van der Waals surface area (Å²) in [6.45, 7) is 6.86. The Morgan fingerprint density at radius 2 is 2.12 bits per heavy atom. The van der Waals surface area contributed by atoms with E-state index < -0.39 is 11.9 Å². The van der Waals surface area contributed by atoms with Crippen LogP contribution < -0.4 is 4.74 Å². The minimum atomic E-state index is -0.834. The van der Waals surface area contributed by atoms with Crippen molar-refractivity contribution in [2.45, 2.75) is 39.7 Å². The van der Waals surface area contributed by atoms with Gasteiger partial charge in [-0.15, -0.1) is 0 Å². The summed E-state index contributed by atoms with van der Waals surface area (Å²) in [5.41, 5.74) is 1.70. The third kappa shape index (κ3) is 4.37. The number of amides is 1. The van der Waals surface area contributed by atoms with Crippen molar-refractivity contribution in [3.05, 3.63) is 41.5 Å². The summed E-state index contributed by atoms with van der Waals surface area (Å²) < 4.78 is 5.64. The predicted octanol–water partition coefficient (Wildman–Crippen LogP) is 3.36. The van der Waals surface area contributed by atoms with E-state index >= 15 is 0 Å². The van der Waals surface area contributed by atoms with Crippen LogP contribution in [-0.2, 0) is 4.79 Å². The van der Waals surface area contributed by atoms with E-state index in [0.717, 1.165) is 0 Å². The highest BCUT2D eigenvalue weighted by atomic mass is 16.5. The first-order valence-corrected chi connectivity index (χ1v) is 8.30. The number of rotatable bonds is 5. The molecule has 0 unspecified atom stereocenters. The van der Waals surface area contributed by atoms with Gasteiger partial charge in [-0.2, -0.15) is 0 Å². The molecule has 0 saturated carbocycles. The smallest absolute Gasteiger partial charge is 0.308 e. The van der Waals surface area contributed by atoms with Crippen LogP contribution in [0.1, 0.15) is 44.0 Å². The van der Waals surface area contributed by atoms with E-state index in [1.807, 2.05) is 32.9 Å². The second-order valence-electron chi connectivity index (χ2n) is 6.45. The number of likely N-dealkylation sites (tertiary alicyclic amines) is 1. The minimum Gasteiger partial charge on any atom is -0.490 e. The van der Waals surface area contributed by atoms with Gasteiger partial charge in [0.15, 0.2) is 0 Å². The summed E-state index contributed by atoms with van der Waals surface area (Å²) in [7, 11) is 0. The molecule has 1 aromatic rings. The van der Waals surface area contributed by atoms with Crippen LogP contribution in [0.5, 0.6) is 5.75 Å². The van der Waals surface area contributed by atoms with Gasteiger partial charge in [-0.1, -0.05) is 11.6 Å². The van der Waals surface area contributed by atoms with E-state index in [4.69, 9.17) is 4.74 Å². The maximum absolute atomic E-state index is 12.8. The Morgan fingerprint density at radius 3 is 2.79 bits per heavy atom. The fraction of sp³-hybridized carbons (Fsp3) is 0.474. The molecule has 1 N–H and O–H groups in total. The molecule has 0 radical (unpaired) electrons. The molecule has 2 atom stereocenters. The van der Waals surface area contributed by atoms with Crippen LogP contribution in [0.2, 0.25) is 0 Å². The summed E-state index contributed by atoms with van der Waals surface area (Å²) in [6, 6.07) is 6.76. The summed E-state index contributed by atoms with van der Waals surface area (Å²) in [6.07, 6.45) is 3.30. The molecule has 0 aliphatic carbocycles. The minimum absolute atomic E-state index is 0.138. The van der Waals surface area contributed by atoms with Crippen LogP contribution in [0.25, 0.3) is 0 Å². The van der Waals surface area contributed by atoms with Crippen molar-refractivity contribution >= 4 is 11.9 Å². The molecule has 0 aromatic heterocycles. The second-order valence-corrected chi connectivity index (χ2v) is 6.45. The lowest BCUT2D eigenvalue weighted by molar-refractivity contribution is -0.144. The van der Waals surface area contributed by atoms with Gasteiger partial charge in [0.05, 0.1) is 5.92 Å². The molecule has 1 saturated heterocycles. The molecular formula is C19H25NO4. The molecule has 2 rings (SSSR count). The predicted molar refractivity (Wildman–Crippen MR) is 92.2 cm³/mol. The number of aliphatic carboxylic acids is 1. The Kier molecular flexibility index (Phi) is 6.01. The average molecular weight is 331 g/mol. The Bertz CT molecular complexity index is 634. The molecule has 0 bridgehead atoms. The average Bonchev–Trinajstić information content (AvgIpc) is 2.54. The highest BCUT2D eigenvalue weighted by molar-refractivity contribution is 5.95. The van der Waals surface area contributed by atoms with Gasteiger partial charge in [0, 0.05) is 18.2 Å². The molecule has 1 aliphatic rings. The van der Waals surface area contributed by atoms with Crippen LogP contribution in [0.3, 0.4) is 0 Å². The SMILES string of the molecule is CC(C)=CCOc1cccc(C(=O)N2CCC[C@@H](C(=O)O)[C@H]2C)c1. The molecule has 5 heteroatoms. The molecule has 1 amide bonds. The van der Waals surface area contributed by atoms with Crippen molar-refractivity contribution in [1.82, 2.24) is 4.90 Å². The summed E-state index contributed by atoms with van der Waals surface area (Å²) >= 11 is 0. The van der Waals surface area contributed by atoms with Crippen LogP contribution in [0, 0.1) is 5.92 Å². The Morgan fingerprint density at radius 1 is 1.38 bits per heavy atom. The fourth-order valence-corrected chi connectivity index (χ4v) is 2.95. The number of hydrogen-bond donors (Lipinski definition) is 1. The quantitative estimate of drug-likeness (QED) is 0.840. The van der Waals surface area contributed by atoms with E-state index in [1.54, 1.807) is 23.1 Å². The van der Waals surface area contributed by atoms with Crippen LogP contribution in [0.4, 0.5) is 0 Å². The molecule has 1 aromatic carbocycles. The largest absolute Gasteiger partial charge is 0.490 e. The number of carbonyl (C=O) groups is 2. The molecule has 130 valence electrons. The zero-order chi connectivity index (χ0) is 17.7. The Hall–Kier alpha value is -2.30. The third-order valence-electron chi connectivity index (χ3n) is 4.39. The summed E-state index contributed by atoms with van der Waals surface area (Å²) in [4.78, 5) is 25.8. The normalized spacial score (nSPS) is 20.4. The molecule has 1 aliphatic heterocycles. The number of ether oxygens (including phenoxy) is 1. The number of benzene rings is 1. The Labute approximate surface area is 142 Å². The van der Waals surface area contributed by atoms with Crippen molar-refractivity contribution in [3.8, 4) is 5.75 Å². The standard InChI is InChI=1S/C19H25NO4/c1-13(2)9-11-24-16-7-4-6-15(12-16)18(21)20-10-5-8-17(14(20)3)19(22)23/h4,6-7,9,12,14,17H,5,8,10-11H2,1-3H3,(H,22,23)/t14-,17-/m1/s1. The number of carboxylic acid groups (broad SMARTS) is 1. The first kappa shape index (κ1) is 18.0. The summed E-state index contributed by atoms with van der Waals surface area (Å²) in [5.74, 6) is -0.836. The monoisotopic (exact) mass is 331 g/mol. The lowest BCUT2D eigenvalue weighted by Gasteiger charge is -2.37. The fourth-order valence-electron chi connectivity index (χ4n) is 2.95. The second kappa shape index (κ2) is 7.99. The number of carboxylic acids is 1. The van der Waals surface area contributed by atoms with E-state index in [1.165, 1.54) is 5.57 Å². The van der Waals surface area contributed by atoms with E-state index in [0.29, 0.717) is 37.3 Å². The molecule has 5 nitrogen and oxygen atoms in total. The lowest BCUT2D eigenvalue weighted by atomic mass is 9.90. The van der Waals surface area contributed by atoms with Crippen LogP contribution in [0.15, 0.2) is 35.9 Å². The number of piperidine rings is 1. The van der Waals surface area contributed by atoms with Crippen molar-refractivity contribution in [3.63, 3.8) is 0 Å². The molecular weight excluding hydrogens is 306 g/mol. The zero-order valence-corrected chi connectivity index (χ0v) is 14.5. The molecule has 1 heterocycles. The van der Waals surface area contributed by atoms with E-state index in [-0.39, 0.29) is 11.9 Å². The van der Waals surface area contributed by atoms with Crippen molar-refractivity contribution in [2.24, 2.45) is 5.92 Å². The van der Waals surface area contributed by atoms with Crippen LogP contribution in [-0.4, -0.2) is 41.1 Å². The Balaban J connectivity index is 2.11. The van der Waals surface area contributed by atoms with Crippen LogP contribution >= 0.6 is 0 Å². The van der Waals surface area contributed by atoms with Gasteiger partial charge in [-0.05, 0) is 57.9 Å². The van der Waals surface area contributed by atoms with Gasteiger partial charge >= 0.3 is 5.97 Å². The van der Waals surface area contributed by atoms with Gasteiger partial charge in [-0.3, -0.25) is 9.59 Å². The van der Waals surface area contributed by atoms with Gasteiger partial charge in [-0.25, -0.2) is 0 Å². The maximum atomic E-state index is 12.8. The molecule has 0 spiro atoms. The molecule has 1 fully saturated rings. The molecule has 24 heavy (non-hydrogen) atoms. The maximum Gasteiger partial charge on any atom is 0.308 e. The topological polar surface area (TPSA) is 66.8 Å². The van der Waals surface area contributed by atoms with Gasteiger partial charge in [0.25, 0.3) is 5.91 Å². The number of allylic oxidation sites excluding steroid dienone is 1. The number of nitrogens with zero attached hydrogens (tertiary/aromatic N) is 1. The van der Waals surface area contributed by atoms with Gasteiger partial charge in [0.2, 0.25) is 0 Å². The first-order chi connectivity index (χ1) is 11.4.